The fourth-order valence-corrected chi connectivity index (χ4v) is 7.35. The lowest BCUT2D eigenvalue weighted by Crippen LogP contribution is -2.64. The molecular formula is C32H59F2N5O6. The van der Waals surface area contributed by atoms with Gasteiger partial charge in [-0.05, 0) is 57.4 Å². The molecule has 3 atom stereocenters. The molecule has 4 fully saturated rings. The number of carbonyl (C=O) groups excluding carboxylic acids is 1. The Morgan fingerprint density at radius 2 is 1.58 bits per heavy atom. The molecule has 0 bridgehead atoms. The molecule has 4 aliphatic rings. The molecule has 0 aromatic rings. The molecule has 11 nitrogen and oxygen atoms in total. The number of aliphatic hydroxyl groups is 3. The highest BCUT2D eigenvalue weighted by Gasteiger charge is 2.41. The maximum Gasteiger partial charge on any atom is 0.223 e. The summed E-state index contributed by atoms with van der Waals surface area (Å²) in [6.45, 7) is 7.95. The van der Waals surface area contributed by atoms with E-state index in [1.807, 2.05) is 6.92 Å². The molecule has 3 aliphatic heterocycles. The number of rotatable bonds is 17. The Bertz CT molecular complexity index is 840. The van der Waals surface area contributed by atoms with Crippen molar-refractivity contribution in [2.75, 3.05) is 85.4 Å². The van der Waals surface area contributed by atoms with Gasteiger partial charge >= 0.3 is 0 Å². The standard InChI is InChI=1S/C32H59F2N5O6/c1-2-44-26-16-36-31(37-17-26)38-8-5-23(6-9-38)4-3-11-45-25-12-28(33)27(29(34)13-25)14-30(43)39-10-7-24(18-39)15-35-19-32(20-40,21-41)22-42/h23-29,31,35-37,40-42H,2-22H2,1H3/t24-,25?,26?,27?,28?,29?,31?/m0/s1. The topological polar surface area (TPSA) is 139 Å². The molecule has 4 rings (SSSR count). The first-order chi connectivity index (χ1) is 21.8. The predicted molar refractivity (Wildman–Crippen MR) is 167 cm³/mol. The highest BCUT2D eigenvalue weighted by Crippen LogP contribution is 2.35. The van der Waals surface area contributed by atoms with E-state index in [1.54, 1.807) is 4.90 Å². The summed E-state index contributed by atoms with van der Waals surface area (Å²) >= 11 is 0. The zero-order chi connectivity index (χ0) is 32.2. The van der Waals surface area contributed by atoms with Crippen molar-refractivity contribution < 1.29 is 38.4 Å². The smallest absolute Gasteiger partial charge is 0.223 e. The van der Waals surface area contributed by atoms with E-state index in [2.05, 4.69) is 20.9 Å². The maximum absolute atomic E-state index is 15.1. The number of alkyl halides is 2. The highest BCUT2D eigenvalue weighted by molar-refractivity contribution is 5.77. The van der Waals surface area contributed by atoms with Crippen LogP contribution in [0.4, 0.5) is 8.78 Å². The van der Waals surface area contributed by atoms with Crippen LogP contribution in [0, 0.1) is 23.2 Å². The van der Waals surface area contributed by atoms with E-state index in [9.17, 15) is 20.1 Å². The molecule has 0 radical (unpaired) electrons. The van der Waals surface area contributed by atoms with Gasteiger partial charge in [0, 0.05) is 84.2 Å². The lowest BCUT2D eigenvalue weighted by molar-refractivity contribution is -0.134. The Labute approximate surface area is 267 Å². The number of halogens is 2. The summed E-state index contributed by atoms with van der Waals surface area (Å²) in [5.41, 5.74) is -0.986. The minimum absolute atomic E-state index is 0.129. The number of carbonyl (C=O) groups is 1. The molecule has 1 aliphatic carbocycles. The number of hydrogen-bond donors (Lipinski definition) is 6. The molecule has 0 spiro atoms. The van der Waals surface area contributed by atoms with Crippen molar-refractivity contribution in [3.63, 3.8) is 0 Å². The van der Waals surface area contributed by atoms with Gasteiger partial charge in [0.05, 0.1) is 37.4 Å². The Balaban J connectivity index is 1.07. The number of nitrogens with zero attached hydrogens (tertiary/aromatic N) is 2. The Hall–Kier alpha value is -1.03. The van der Waals surface area contributed by atoms with Crippen molar-refractivity contribution >= 4 is 5.91 Å². The number of hydrogen-bond acceptors (Lipinski definition) is 10. The van der Waals surface area contributed by atoms with Gasteiger partial charge in [-0.15, -0.1) is 0 Å². The number of amides is 1. The second-order valence-corrected chi connectivity index (χ2v) is 13.9. The number of ether oxygens (including phenoxy) is 2. The van der Waals surface area contributed by atoms with Gasteiger partial charge in [0.1, 0.15) is 18.6 Å². The first-order valence-corrected chi connectivity index (χ1v) is 17.3. The van der Waals surface area contributed by atoms with Crippen molar-refractivity contribution in [3.8, 4) is 0 Å². The number of nitrogens with one attached hydrogen (secondary N) is 3. The summed E-state index contributed by atoms with van der Waals surface area (Å²) in [5.74, 6) is -0.331. The summed E-state index contributed by atoms with van der Waals surface area (Å²) < 4.78 is 41.9. The second-order valence-electron chi connectivity index (χ2n) is 13.9. The van der Waals surface area contributed by atoms with E-state index in [1.165, 1.54) is 0 Å². The molecular weight excluding hydrogens is 588 g/mol. The van der Waals surface area contributed by atoms with Crippen LogP contribution in [-0.2, 0) is 14.3 Å². The molecule has 0 aromatic carbocycles. The van der Waals surface area contributed by atoms with E-state index in [-0.39, 0.29) is 69.8 Å². The molecule has 13 heteroatoms. The summed E-state index contributed by atoms with van der Waals surface area (Å²) in [7, 11) is 0. The largest absolute Gasteiger partial charge is 0.396 e. The van der Waals surface area contributed by atoms with Gasteiger partial charge in [-0.1, -0.05) is 0 Å². The average molecular weight is 648 g/mol. The second kappa shape index (κ2) is 18.5. The quantitative estimate of drug-likeness (QED) is 0.125. The van der Waals surface area contributed by atoms with E-state index in [0.717, 1.165) is 64.9 Å². The van der Waals surface area contributed by atoms with Gasteiger partial charge in [-0.25, -0.2) is 8.78 Å². The van der Waals surface area contributed by atoms with Crippen LogP contribution < -0.4 is 16.0 Å². The highest BCUT2D eigenvalue weighted by atomic mass is 19.1. The van der Waals surface area contributed by atoms with E-state index < -0.39 is 29.8 Å². The molecule has 0 aromatic heterocycles. The molecule has 45 heavy (non-hydrogen) atoms. The number of likely N-dealkylation sites (tertiary alicyclic amines) is 2. The number of piperidine rings is 1. The lowest BCUT2D eigenvalue weighted by atomic mass is 9.81. The van der Waals surface area contributed by atoms with E-state index >= 15 is 8.78 Å². The Kier molecular flexibility index (Phi) is 15.1. The zero-order valence-corrected chi connectivity index (χ0v) is 27.2. The van der Waals surface area contributed by atoms with Crippen molar-refractivity contribution in [1.29, 1.82) is 0 Å². The van der Waals surface area contributed by atoms with Crippen molar-refractivity contribution in [2.24, 2.45) is 23.2 Å². The first-order valence-electron chi connectivity index (χ1n) is 17.3. The molecule has 1 amide bonds. The van der Waals surface area contributed by atoms with Gasteiger partial charge in [0.25, 0.3) is 0 Å². The van der Waals surface area contributed by atoms with Crippen molar-refractivity contribution in [2.45, 2.75) is 89.1 Å². The number of aliphatic hydroxyl groups excluding tert-OH is 3. The fourth-order valence-electron chi connectivity index (χ4n) is 7.35. The van der Waals surface area contributed by atoms with Crippen LogP contribution in [0.3, 0.4) is 0 Å². The van der Waals surface area contributed by atoms with Gasteiger partial charge in [-0.2, -0.15) is 0 Å². The van der Waals surface area contributed by atoms with Gasteiger partial charge in [-0.3, -0.25) is 20.3 Å². The SMILES string of the molecule is CCOC1CNC(N2CCC(CCCOC3CC(F)C(CC(=O)N4CC[C@@H](CNCC(CO)(CO)CO)C4)C(F)C3)CC2)NC1. The Morgan fingerprint density at radius 3 is 2.20 bits per heavy atom. The van der Waals surface area contributed by atoms with Crippen LogP contribution in [0.5, 0.6) is 0 Å². The summed E-state index contributed by atoms with van der Waals surface area (Å²) in [4.78, 5) is 17.1. The third-order valence-corrected chi connectivity index (χ3v) is 10.5. The lowest BCUT2D eigenvalue weighted by Gasteiger charge is -2.41. The Morgan fingerprint density at radius 1 is 0.933 bits per heavy atom. The van der Waals surface area contributed by atoms with Gasteiger partial charge in [0.2, 0.25) is 5.91 Å². The molecule has 2 unspecified atom stereocenters. The van der Waals surface area contributed by atoms with Crippen LogP contribution in [0.1, 0.15) is 58.3 Å². The minimum Gasteiger partial charge on any atom is -0.396 e. The fraction of sp³-hybridized carbons (Fsp3) is 0.969. The summed E-state index contributed by atoms with van der Waals surface area (Å²) in [6, 6.07) is 0. The van der Waals surface area contributed by atoms with E-state index in [0.29, 0.717) is 32.2 Å². The van der Waals surface area contributed by atoms with E-state index in [4.69, 9.17) is 9.47 Å². The summed E-state index contributed by atoms with van der Waals surface area (Å²) in [6.07, 6.45) is 2.32. The van der Waals surface area contributed by atoms with Crippen LogP contribution >= 0.6 is 0 Å². The average Bonchev–Trinajstić information content (AvgIpc) is 3.53. The normalized spacial score (nSPS) is 32.3. The molecule has 1 saturated carbocycles. The molecule has 6 N–H and O–H groups in total. The first kappa shape index (κ1) is 36.8. The van der Waals surface area contributed by atoms with Gasteiger partial charge in [0.15, 0.2) is 0 Å². The van der Waals surface area contributed by atoms with Crippen LogP contribution in [0.15, 0.2) is 0 Å². The summed E-state index contributed by atoms with van der Waals surface area (Å²) in [5, 5.41) is 38.7. The maximum atomic E-state index is 15.1. The third kappa shape index (κ3) is 10.7. The zero-order valence-electron chi connectivity index (χ0n) is 27.2. The van der Waals surface area contributed by atoms with Crippen LogP contribution in [0.2, 0.25) is 0 Å². The monoisotopic (exact) mass is 647 g/mol. The van der Waals surface area contributed by atoms with Crippen molar-refractivity contribution in [3.05, 3.63) is 0 Å². The van der Waals surface area contributed by atoms with Crippen LogP contribution in [-0.4, -0.2) is 147 Å². The van der Waals surface area contributed by atoms with Crippen LogP contribution in [0.25, 0.3) is 0 Å². The molecule has 3 heterocycles. The third-order valence-electron chi connectivity index (χ3n) is 10.5. The van der Waals surface area contributed by atoms with Crippen molar-refractivity contribution in [1.82, 2.24) is 25.8 Å². The molecule has 3 saturated heterocycles. The molecule has 262 valence electrons. The minimum atomic E-state index is -1.40. The predicted octanol–water partition coefficient (Wildman–Crippen LogP) is 0.623. The van der Waals surface area contributed by atoms with Gasteiger partial charge < -0.3 is 35.0 Å².